The second kappa shape index (κ2) is 17.7. The van der Waals surface area contributed by atoms with Crippen molar-refractivity contribution in [3.63, 3.8) is 0 Å². The molecule has 8 rings (SSSR count). The lowest BCUT2D eigenvalue weighted by molar-refractivity contribution is 0.101. The summed E-state index contributed by atoms with van der Waals surface area (Å²) in [6.07, 6.45) is 5.83. The van der Waals surface area contributed by atoms with Gasteiger partial charge in [-0.25, -0.2) is 21.6 Å². The van der Waals surface area contributed by atoms with Crippen molar-refractivity contribution in [3.8, 4) is 0 Å². The molecule has 0 fully saturated rings. The van der Waals surface area contributed by atoms with Gasteiger partial charge in [-0.05, 0) is 59.3 Å². The zero-order chi connectivity index (χ0) is 48.8. The summed E-state index contributed by atoms with van der Waals surface area (Å²) < 4.78 is 77.8. The Balaban J connectivity index is 0.882. The van der Waals surface area contributed by atoms with Crippen molar-refractivity contribution in [2.75, 3.05) is 31.9 Å². The van der Waals surface area contributed by atoms with Gasteiger partial charge in [0.05, 0.1) is 43.4 Å². The topological polar surface area (TPSA) is 292 Å². The molecule has 0 aliphatic heterocycles. The average Bonchev–Trinajstić information content (AvgIpc) is 4.05. The fraction of sp³-hybridized carbons (Fsp3) is 0.0889. The van der Waals surface area contributed by atoms with Crippen LogP contribution >= 0.6 is 0 Å². The summed E-state index contributed by atoms with van der Waals surface area (Å²) in [5.41, 5.74) is 0.733. The smallest absolute Gasteiger partial charge is 0.325 e. The van der Waals surface area contributed by atoms with Gasteiger partial charge in [0.25, 0.3) is 23.6 Å². The number of hydrogen-bond donors (Lipinski definition) is 6. The van der Waals surface area contributed by atoms with Gasteiger partial charge in [-0.2, -0.15) is 0 Å². The Bertz CT molecular complexity index is 3400. The standard InChI is InChI=1S/C45H40N10O11S2/c1-52-21-27(41(56)46-31-13-5-9-25-11-7-15-33(39(25)31)67(61,62)63)17-35(52)48-43(58)29-19-37(54(3)23-29)50-45(60)51-38-20-30(24-55(38)4)44(59)49-36-18-28(22-53(36)2)42(57)47-32-14-6-10-26-12-8-16-34(40(26)32)68(64,65)66/h5-24H,1-4H3,(H,46,56)(H,47,57)(H,48,58)(H,49,59)(H2,50,51,60)(H,61,62,63)(H,64,65,66)/p-2. The molecule has 0 aliphatic carbocycles. The number of fused-ring (bicyclic) bond motifs is 2. The predicted octanol–water partition coefficient (Wildman–Crippen LogP) is 5.81. The number of carbonyl (C=O) groups is 5. The first kappa shape index (κ1) is 46.0. The lowest BCUT2D eigenvalue weighted by Gasteiger charge is -2.14. The van der Waals surface area contributed by atoms with Gasteiger partial charge in [0.1, 0.15) is 43.5 Å². The molecule has 4 aromatic carbocycles. The molecule has 0 unspecified atom stereocenters. The number of urea groups is 1. The van der Waals surface area contributed by atoms with Crippen LogP contribution in [-0.2, 0) is 48.4 Å². The molecule has 348 valence electrons. The molecule has 6 N–H and O–H groups in total. The number of hydrogen-bond acceptors (Lipinski definition) is 11. The van der Waals surface area contributed by atoms with Gasteiger partial charge >= 0.3 is 6.03 Å². The third kappa shape index (κ3) is 9.43. The molecule has 68 heavy (non-hydrogen) atoms. The average molecular weight is 959 g/mol. The van der Waals surface area contributed by atoms with Crippen molar-refractivity contribution in [2.24, 2.45) is 28.2 Å². The Morgan fingerprint density at radius 3 is 1.00 bits per heavy atom. The molecule has 4 aromatic heterocycles. The molecule has 0 aliphatic rings. The van der Waals surface area contributed by atoms with E-state index in [1.165, 1.54) is 91.6 Å². The van der Waals surface area contributed by atoms with Crippen LogP contribution in [0.2, 0.25) is 0 Å². The molecule has 21 nitrogen and oxygen atoms in total. The highest BCUT2D eigenvalue weighted by Crippen LogP contribution is 2.32. The zero-order valence-corrected chi connectivity index (χ0v) is 37.8. The highest BCUT2D eigenvalue weighted by molar-refractivity contribution is 7.86. The number of carbonyl (C=O) groups excluding carboxylic acids is 5. The maximum atomic E-state index is 13.4. The van der Waals surface area contributed by atoms with Crippen molar-refractivity contribution in [1.29, 1.82) is 0 Å². The molecule has 8 aromatic rings. The van der Waals surface area contributed by atoms with Crippen LogP contribution in [0.25, 0.3) is 21.5 Å². The van der Waals surface area contributed by atoms with Crippen molar-refractivity contribution in [2.45, 2.75) is 9.79 Å². The molecule has 6 amide bonds. The van der Waals surface area contributed by atoms with Crippen LogP contribution in [0.4, 0.5) is 39.4 Å². The van der Waals surface area contributed by atoms with E-state index in [0.29, 0.717) is 10.8 Å². The van der Waals surface area contributed by atoms with Crippen LogP contribution in [0.5, 0.6) is 0 Å². The molecular formula is C45H38N10O11S2-2. The Morgan fingerprint density at radius 2 is 0.691 bits per heavy atom. The fourth-order valence-corrected chi connectivity index (χ4v) is 8.97. The molecule has 23 heteroatoms. The number of aromatic nitrogens is 4. The normalized spacial score (nSPS) is 11.6. The quantitative estimate of drug-likeness (QED) is 0.0795. The molecule has 0 bridgehead atoms. The van der Waals surface area contributed by atoms with E-state index in [-0.39, 0.29) is 67.7 Å². The van der Waals surface area contributed by atoms with Crippen molar-refractivity contribution in [3.05, 3.63) is 144 Å². The van der Waals surface area contributed by atoms with Gasteiger partial charge in [0.15, 0.2) is 0 Å². The monoisotopic (exact) mass is 958 g/mol. The number of amides is 6. The van der Waals surface area contributed by atoms with Gasteiger partial charge in [-0.15, -0.1) is 0 Å². The minimum absolute atomic E-state index is 0.0636. The second-order valence-corrected chi connectivity index (χ2v) is 18.2. The van der Waals surface area contributed by atoms with E-state index in [4.69, 9.17) is 0 Å². The van der Waals surface area contributed by atoms with Gasteiger partial charge in [0, 0.05) is 63.8 Å². The van der Waals surface area contributed by atoms with E-state index in [1.54, 1.807) is 64.6 Å². The van der Waals surface area contributed by atoms with Crippen LogP contribution in [0.3, 0.4) is 0 Å². The maximum Gasteiger partial charge on any atom is 0.325 e. The maximum absolute atomic E-state index is 13.4. The summed E-state index contributed by atoms with van der Waals surface area (Å²) >= 11 is 0. The largest absolute Gasteiger partial charge is 0.744 e. The molecule has 0 atom stereocenters. The first-order chi connectivity index (χ1) is 32.1. The number of nitrogens with zero attached hydrogens (tertiary/aromatic N) is 4. The van der Waals surface area contributed by atoms with E-state index in [9.17, 15) is 49.9 Å². The third-order valence-corrected chi connectivity index (χ3v) is 12.6. The molecule has 0 saturated heterocycles. The Hall–Kier alpha value is -8.51. The van der Waals surface area contributed by atoms with E-state index in [2.05, 4.69) is 31.9 Å². The number of aryl methyl sites for hydroxylation is 4. The summed E-state index contributed by atoms with van der Waals surface area (Å²) in [7, 11) is -3.36. The number of anilines is 6. The lowest BCUT2D eigenvalue weighted by atomic mass is 10.1. The molecular weight excluding hydrogens is 921 g/mol. The summed E-state index contributed by atoms with van der Waals surface area (Å²) in [5.74, 6) is -1.53. The highest BCUT2D eigenvalue weighted by atomic mass is 32.2. The van der Waals surface area contributed by atoms with Crippen molar-refractivity contribution in [1.82, 2.24) is 18.3 Å². The number of nitrogens with one attached hydrogen (secondary N) is 6. The SMILES string of the molecule is Cn1cc(C(=O)Nc2cc(C(=O)Nc3cccc4cccc(S(=O)(=O)[O-])c34)cn2C)cc1NC(=O)Nc1cc(C(=O)Nc2cc(C(=O)Nc3cccc4cccc(S(=O)(=O)[O-])c34)cn2C)cn1C. The Labute approximate surface area is 386 Å². The van der Waals surface area contributed by atoms with Gasteiger partial charge in [-0.3, -0.25) is 29.8 Å². The molecule has 0 spiro atoms. The van der Waals surface area contributed by atoms with Crippen LogP contribution in [0, 0.1) is 0 Å². The molecule has 4 heterocycles. The Morgan fingerprint density at radius 1 is 0.412 bits per heavy atom. The summed E-state index contributed by atoms with van der Waals surface area (Å²) in [6.45, 7) is 0. The van der Waals surface area contributed by atoms with E-state index < -0.39 is 59.7 Å². The van der Waals surface area contributed by atoms with E-state index in [0.717, 1.165) is 12.1 Å². The van der Waals surface area contributed by atoms with Gasteiger partial charge in [-0.1, -0.05) is 48.5 Å². The van der Waals surface area contributed by atoms with Crippen LogP contribution in [-0.4, -0.2) is 73.9 Å². The minimum atomic E-state index is -4.87. The second-order valence-electron chi connectivity index (χ2n) is 15.5. The number of rotatable bonds is 12. The lowest BCUT2D eigenvalue weighted by Crippen LogP contribution is -2.22. The first-order valence-electron chi connectivity index (χ1n) is 20.1. The minimum Gasteiger partial charge on any atom is -0.744 e. The molecule has 0 saturated carbocycles. The summed E-state index contributed by atoms with van der Waals surface area (Å²) in [5, 5.41) is 17.1. The predicted molar refractivity (Wildman–Crippen MR) is 250 cm³/mol. The fourth-order valence-electron chi connectivity index (χ4n) is 7.52. The zero-order valence-electron chi connectivity index (χ0n) is 36.1. The first-order valence-corrected chi connectivity index (χ1v) is 22.9. The Kier molecular flexibility index (Phi) is 12.0. The van der Waals surface area contributed by atoms with Crippen LogP contribution in [0.15, 0.2) is 132 Å². The number of benzene rings is 4. The summed E-state index contributed by atoms with van der Waals surface area (Å²) in [4.78, 5) is 65.6. The van der Waals surface area contributed by atoms with Crippen LogP contribution < -0.4 is 31.9 Å². The van der Waals surface area contributed by atoms with Gasteiger partial charge in [0.2, 0.25) is 0 Å². The third-order valence-electron chi connectivity index (χ3n) is 10.8. The molecule has 0 radical (unpaired) electrons. The van der Waals surface area contributed by atoms with Crippen molar-refractivity contribution >= 4 is 106 Å². The highest BCUT2D eigenvalue weighted by Gasteiger charge is 2.21. The van der Waals surface area contributed by atoms with Gasteiger partial charge < -0.3 is 48.6 Å². The van der Waals surface area contributed by atoms with Crippen molar-refractivity contribution < 1.29 is 49.9 Å². The van der Waals surface area contributed by atoms with E-state index in [1.807, 2.05) is 0 Å². The van der Waals surface area contributed by atoms with Crippen LogP contribution in [0.1, 0.15) is 41.4 Å². The van der Waals surface area contributed by atoms with E-state index >= 15 is 0 Å². The summed E-state index contributed by atoms with van der Waals surface area (Å²) in [6, 6.07) is 22.7.